The fourth-order valence-electron chi connectivity index (χ4n) is 3.97. The van der Waals surface area contributed by atoms with Crippen molar-refractivity contribution in [1.82, 2.24) is 4.98 Å². The van der Waals surface area contributed by atoms with Gasteiger partial charge in [0.05, 0.1) is 30.5 Å². The maximum atomic E-state index is 12.1. The molecule has 1 heterocycles. The van der Waals surface area contributed by atoms with Crippen LogP contribution in [0.15, 0.2) is 42.5 Å². The van der Waals surface area contributed by atoms with Gasteiger partial charge in [-0.25, -0.2) is 9.78 Å². The second kappa shape index (κ2) is 7.95. The van der Waals surface area contributed by atoms with E-state index in [2.05, 4.69) is 6.08 Å². The van der Waals surface area contributed by atoms with Crippen LogP contribution in [0.25, 0.3) is 22.6 Å². The van der Waals surface area contributed by atoms with Gasteiger partial charge in [-0.3, -0.25) is 0 Å². The lowest BCUT2D eigenvalue weighted by Crippen LogP contribution is -2.13. The van der Waals surface area contributed by atoms with E-state index in [9.17, 15) is 9.90 Å². The van der Waals surface area contributed by atoms with Crippen LogP contribution in [-0.2, 0) is 6.42 Å². The Morgan fingerprint density at radius 2 is 2.00 bits per heavy atom. The van der Waals surface area contributed by atoms with Gasteiger partial charge in [0.25, 0.3) is 0 Å². The lowest BCUT2D eigenvalue weighted by Gasteiger charge is -2.21. The fraction of sp³-hybridized carbons (Fsp3) is 0.250. The van der Waals surface area contributed by atoms with E-state index in [-0.39, 0.29) is 0 Å². The van der Waals surface area contributed by atoms with E-state index in [0.717, 1.165) is 41.7 Å². The molecule has 2 aromatic carbocycles. The number of nitrogens with zero attached hydrogens (tertiary/aromatic N) is 1. The molecule has 1 N–H and O–H groups in total. The van der Waals surface area contributed by atoms with Crippen molar-refractivity contribution in [3.8, 4) is 11.5 Å². The number of aromatic nitrogens is 1. The van der Waals surface area contributed by atoms with Crippen LogP contribution in [0.5, 0.6) is 11.5 Å². The first-order valence-corrected chi connectivity index (χ1v) is 9.79. The van der Waals surface area contributed by atoms with E-state index in [1.165, 1.54) is 0 Å². The van der Waals surface area contributed by atoms with Crippen molar-refractivity contribution in [3.63, 3.8) is 0 Å². The third kappa shape index (κ3) is 3.56. The van der Waals surface area contributed by atoms with E-state index >= 15 is 0 Å². The molecule has 0 radical (unpaired) electrons. The highest BCUT2D eigenvalue weighted by Gasteiger charge is 2.24. The van der Waals surface area contributed by atoms with Crippen LogP contribution in [-0.4, -0.2) is 29.8 Å². The average molecular weight is 389 g/mol. The number of fused-ring (bicyclic) bond motifs is 2. The van der Waals surface area contributed by atoms with E-state index in [0.29, 0.717) is 34.6 Å². The fourth-order valence-corrected chi connectivity index (χ4v) is 3.97. The number of para-hydroxylation sites is 1. The summed E-state index contributed by atoms with van der Waals surface area (Å²) in [7, 11) is 1.62. The third-order valence-electron chi connectivity index (χ3n) is 5.21. The molecule has 4 rings (SSSR count). The number of carbonyl (C=O) groups is 1. The van der Waals surface area contributed by atoms with Crippen LogP contribution in [0.1, 0.15) is 46.9 Å². The molecule has 1 aliphatic carbocycles. The topological polar surface area (TPSA) is 68.7 Å². The molecule has 1 aliphatic rings. The molecule has 0 amide bonds. The maximum absolute atomic E-state index is 12.1. The summed E-state index contributed by atoms with van der Waals surface area (Å²) < 4.78 is 11.1. The summed E-state index contributed by atoms with van der Waals surface area (Å²) in [4.78, 5) is 16.9. The summed E-state index contributed by atoms with van der Waals surface area (Å²) in [5, 5.41) is 10.6. The van der Waals surface area contributed by atoms with Gasteiger partial charge in [-0.1, -0.05) is 24.3 Å². The van der Waals surface area contributed by atoms with Crippen molar-refractivity contribution in [3.05, 3.63) is 64.8 Å². The summed E-state index contributed by atoms with van der Waals surface area (Å²) in [5.74, 6) is 0.484. The van der Waals surface area contributed by atoms with Gasteiger partial charge in [0.15, 0.2) is 11.5 Å². The summed E-state index contributed by atoms with van der Waals surface area (Å²) in [6, 6.07) is 13.3. The minimum Gasteiger partial charge on any atom is -0.493 e. The Kier molecular flexibility index (Phi) is 5.21. The summed E-state index contributed by atoms with van der Waals surface area (Å²) >= 11 is 0. The molecule has 0 fully saturated rings. The Hall–Kier alpha value is -3.34. The van der Waals surface area contributed by atoms with Crippen molar-refractivity contribution in [2.75, 3.05) is 13.7 Å². The second-order valence-corrected chi connectivity index (χ2v) is 7.00. The highest BCUT2D eigenvalue weighted by Crippen LogP contribution is 2.37. The zero-order chi connectivity index (χ0) is 20.4. The number of rotatable bonds is 5. The second-order valence-electron chi connectivity index (χ2n) is 7.00. The Morgan fingerprint density at radius 3 is 2.76 bits per heavy atom. The predicted molar refractivity (Wildman–Crippen MR) is 114 cm³/mol. The quantitative estimate of drug-likeness (QED) is 0.648. The normalized spacial score (nSPS) is 14.6. The number of methoxy groups -OCH3 is 1. The number of benzene rings is 2. The number of pyridine rings is 1. The molecule has 5 heteroatoms. The summed E-state index contributed by atoms with van der Waals surface area (Å²) in [5.41, 5.74) is 4.73. The van der Waals surface area contributed by atoms with Crippen molar-refractivity contribution >= 4 is 28.5 Å². The van der Waals surface area contributed by atoms with Crippen molar-refractivity contribution in [1.29, 1.82) is 0 Å². The third-order valence-corrected chi connectivity index (χ3v) is 5.21. The van der Waals surface area contributed by atoms with Crippen molar-refractivity contribution in [2.45, 2.75) is 26.2 Å². The van der Waals surface area contributed by atoms with Gasteiger partial charge in [0.2, 0.25) is 0 Å². The highest BCUT2D eigenvalue weighted by atomic mass is 16.5. The van der Waals surface area contributed by atoms with Crippen LogP contribution >= 0.6 is 0 Å². The molecule has 0 saturated heterocycles. The summed E-state index contributed by atoms with van der Waals surface area (Å²) in [6.07, 6.45) is 4.55. The standard InChI is InChI=1S/C24H23NO4/c1-3-29-21-14-15(11-12-20(21)28-2)13-16-7-6-9-18-22(24(26)27)17-8-4-5-10-19(17)25-23(16)18/h4-5,8,10-14H,3,6-7,9H2,1-2H3,(H,26,27)/b16-13-. The van der Waals surface area contributed by atoms with Crippen molar-refractivity contribution < 1.29 is 19.4 Å². The molecular formula is C24H23NO4. The molecule has 3 aromatic rings. The van der Waals surface area contributed by atoms with Gasteiger partial charge in [0, 0.05) is 5.39 Å². The van der Waals surface area contributed by atoms with Crippen molar-refractivity contribution in [2.24, 2.45) is 0 Å². The van der Waals surface area contributed by atoms with Crippen LogP contribution < -0.4 is 9.47 Å². The molecule has 0 atom stereocenters. The van der Waals surface area contributed by atoms with E-state index in [1.54, 1.807) is 7.11 Å². The van der Waals surface area contributed by atoms with Gasteiger partial charge >= 0.3 is 5.97 Å². The number of hydrogen-bond acceptors (Lipinski definition) is 4. The SMILES string of the molecule is CCOc1cc(/C=C2/CCCc3c2nc2ccccc2c3C(=O)O)ccc1OC. The zero-order valence-corrected chi connectivity index (χ0v) is 16.6. The molecule has 29 heavy (non-hydrogen) atoms. The number of ether oxygens (including phenoxy) is 2. The minimum absolute atomic E-state index is 0.376. The van der Waals surface area contributed by atoms with Gasteiger partial charge < -0.3 is 14.6 Å². The van der Waals surface area contributed by atoms with Gasteiger partial charge in [-0.2, -0.15) is 0 Å². The highest BCUT2D eigenvalue weighted by molar-refractivity contribution is 6.05. The number of aromatic carboxylic acids is 1. The lowest BCUT2D eigenvalue weighted by molar-refractivity contribution is 0.0697. The number of carboxylic acid groups (broad SMARTS) is 1. The molecule has 0 unspecified atom stereocenters. The first-order valence-electron chi connectivity index (χ1n) is 9.79. The molecule has 0 spiro atoms. The summed E-state index contributed by atoms with van der Waals surface area (Å²) in [6.45, 7) is 2.49. The minimum atomic E-state index is -0.899. The lowest BCUT2D eigenvalue weighted by atomic mass is 9.86. The monoisotopic (exact) mass is 389 g/mol. The Balaban J connectivity index is 1.87. The van der Waals surface area contributed by atoms with Gasteiger partial charge in [-0.15, -0.1) is 0 Å². The number of carboxylic acids is 1. The zero-order valence-electron chi connectivity index (χ0n) is 16.6. The molecule has 0 saturated carbocycles. The Morgan fingerprint density at radius 1 is 1.17 bits per heavy atom. The molecular weight excluding hydrogens is 366 g/mol. The van der Waals surface area contributed by atoms with Crippen LogP contribution in [0.4, 0.5) is 0 Å². The largest absolute Gasteiger partial charge is 0.493 e. The molecule has 5 nitrogen and oxygen atoms in total. The molecule has 0 aliphatic heterocycles. The first kappa shape index (κ1) is 19.0. The number of allylic oxidation sites excluding steroid dienone is 1. The van der Waals surface area contributed by atoms with Crippen LogP contribution in [0.2, 0.25) is 0 Å². The van der Waals surface area contributed by atoms with Gasteiger partial charge in [-0.05, 0) is 67.2 Å². The average Bonchev–Trinajstić information content (AvgIpc) is 2.72. The maximum Gasteiger partial charge on any atom is 0.336 e. The molecule has 0 bridgehead atoms. The Bertz CT molecular complexity index is 1120. The first-order chi connectivity index (χ1) is 14.1. The Labute approximate surface area is 169 Å². The predicted octanol–water partition coefficient (Wildman–Crippen LogP) is 5.22. The number of hydrogen-bond donors (Lipinski definition) is 1. The molecule has 148 valence electrons. The van der Waals surface area contributed by atoms with E-state index < -0.39 is 5.97 Å². The van der Waals surface area contributed by atoms with Crippen LogP contribution in [0.3, 0.4) is 0 Å². The smallest absolute Gasteiger partial charge is 0.336 e. The van der Waals surface area contributed by atoms with E-state index in [4.69, 9.17) is 14.5 Å². The van der Waals surface area contributed by atoms with Gasteiger partial charge in [0.1, 0.15) is 0 Å². The van der Waals surface area contributed by atoms with Crippen LogP contribution in [0, 0.1) is 0 Å². The molecule has 1 aromatic heterocycles. The van der Waals surface area contributed by atoms with E-state index in [1.807, 2.05) is 49.4 Å².